The fraction of sp³-hybridized carbons (Fsp3) is 0.300. The van der Waals surface area contributed by atoms with Gasteiger partial charge in [-0.15, -0.1) is 0 Å². The summed E-state index contributed by atoms with van der Waals surface area (Å²) in [7, 11) is 0. The predicted molar refractivity (Wildman–Crippen MR) is 153 cm³/mol. The summed E-state index contributed by atoms with van der Waals surface area (Å²) in [5, 5.41) is 3.64. The minimum atomic E-state index is -1.38. The summed E-state index contributed by atoms with van der Waals surface area (Å²) < 4.78 is 0. The summed E-state index contributed by atoms with van der Waals surface area (Å²) in [5.41, 5.74) is 2.85. The van der Waals surface area contributed by atoms with Crippen LogP contribution >= 0.6 is 23.2 Å². The van der Waals surface area contributed by atoms with E-state index in [2.05, 4.69) is 5.32 Å². The van der Waals surface area contributed by atoms with Crippen molar-refractivity contribution in [1.29, 1.82) is 0 Å². The van der Waals surface area contributed by atoms with E-state index in [0.717, 1.165) is 11.1 Å². The molecule has 0 aromatic heterocycles. The molecule has 198 valence electrons. The van der Waals surface area contributed by atoms with Crippen LogP contribution in [0.4, 0.5) is 11.4 Å². The van der Waals surface area contributed by atoms with Gasteiger partial charge in [0.1, 0.15) is 0 Å². The van der Waals surface area contributed by atoms with Crippen LogP contribution in [-0.2, 0) is 20.8 Å². The number of benzene rings is 3. The molecule has 1 N–H and O–H groups in total. The smallest absolute Gasteiger partial charge is 0.259 e. The molecule has 1 unspecified atom stereocenters. The summed E-state index contributed by atoms with van der Waals surface area (Å²) in [4.78, 5) is 44.9. The van der Waals surface area contributed by atoms with Crippen molar-refractivity contribution < 1.29 is 14.4 Å². The molecule has 0 spiro atoms. The number of carbonyl (C=O) groups excluding carboxylic acids is 3. The Balaban J connectivity index is 1.73. The molecule has 0 fully saturated rings. The van der Waals surface area contributed by atoms with Gasteiger partial charge in [0.2, 0.25) is 5.91 Å². The van der Waals surface area contributed by atoms with Crippen molar-refractivity contribution >= 4 is 52.3 Å². The molecule has 3 aromatic rings. The van der Waals surface area contributed by atoms with Crippen molar-refractivity contribution in [2.75, 3.05) is 9.80 Å². The van der Waals surface area contributed by atoms with Crippen LogP contribution in [0.15, 0.2) is 72.8 Å². The second kappa shape index (κ2) is 11.6. The van der Waals surface area contributed by atoms with Gasteiger partial charge in [-0.2, -0.15) is 0 Å². The number of rotatable bonds is 7. The van der Waals surface area contributed by atoms with Crippen molar-refractivity contribution in [3.63, 3.8) is 0 Å². The maximum Gasteiger partial charge on any atom is 0.259 e. The van der Waals surface area contributed by atoms with E-state index in [9.17, 15) is 14.4 Å². The minimum Gasteiger partial charge on any atom is -0.336 e. The minimum absolute atomic E-state index is 0.232. The molecule has 1 heterocycles. The van der Waals surface area contributed by atoms with E-state index in [1.165, 1.54) is 0 Å². The zero-order chi connectivity index (χ0) is 27.6. The van der Waals surface area contributed by atoms with Crippen LogP contribution in [0.5, 0.6) is 0 Å². The van der Waals surface area contributed by atoms with Gasteiger partial charge in [0.15, 0.2) is 6.04 Å². The summed E-state index contributed by atoms with van der Waals surface area (Å²) in [6.07, 6.45) is 0.309. The number of fused-ring (bicyclic) bond motifs is 1. The lowest BCUT2D eigenvalue weighted by molar-refractivity contribution is -0.135. The van der Waals surface area contributed by atoms with Gasteiger partial charge in [-0.25, -0.2) is 0 Å². The highest BCUT2D eigenvalue weighted by molar-refractivity contribution is 6.42. The molecule has 0 saturated carbocycles. The lowest BCUT2D eigenvalue weighted by Gasteiger charge is -2.29. The number of carbonyl (C=O) groups is 3. The molecule has 1 aliphatic rings. The second-order valence-electron chi connectivity index (χ2n) is 9.95. The van der Waals surface area contributed by atoms with Crippen molar-refractivity contribution in [3.05, 3.63) is 94.0 Å². The average molecular weight is 553 g/mol. The van der Waals surface area contributed by atoms with Gasteiger partial charge in [0, 0.05) is 12.1 Å². The highest BCUT2D eigenvalue weighted by atomic mass is 35.5. The molecule has 4 rings (SSSR count). The molecular formula is C30H31Cl2N3O3. The first kappa shape index (κ1) is 27.7. The second-order valence-corrected chi connectivity index (χ2v) is 10.8. The largest absolute Gasteiger partial charge is 0.336 e. The van der Waals surface area contributed by atoms with E-state index in [4.69, 9.17) is 23.2 Å². The number of hydrogen-bond acceptors (Lipinski definition) is 3. The predicted octanol–water partition coefficient (Wildman–Crippen LogP) is 6.00. The third-order valence-electron chi connectivity index (χ3n) is 6.63. The third-order valence-corrected chi connectivity index (χ3v) is 7.37. The molecule has 3 amide bonds. The lowest BCUT2D eigenvalue weighted by Crippen LogP contribution is -2.58. The highest BCUT2D eigenvalue weighted by Gasteiger charge is 2.43. The van der Waals surface area contributed by atoms with Crippen molar-refractivity contribution in [3.8, 4) is 0 Å². The van der Waals surface area contributed by atoms with Gasteiger partial charge in [-0.3, -0.25) is 14.4 Å². The van der Waals surface area contributed by atoms with Gasteiger partial charge < -0.3 is 15.1 Å². The van der Waals surface area contributed by atoms with Crippen molar-refractivity contribution in [1.82, 2.24) is 5.32 Å². The number of hydrogen-bond donors (Lipinski definition) is 1. The summed E-state index contributed by atoms with van der Waals surface area (Å²) in [6, 6.07) is 20.0. The van der Waals surface area contributed by atoms with E-state index in [-0.39, 0.29) is 12.1 Å². The first-order valence-electron chi connectivity index (χ1n) is 12.6. The fourth-order valence-electron chi connectivity index (χ4n) is 4.87. The summed E-state index contributed by atoms with van der Waals surface area (Å²) in [5.74, 6) is -2.02. The quantitative estimate of drug-likeness (QED) is 0.366. The van der Waals surface area contributed by atoms with Crippen LogP contribution in [0.1, 0.15) is 44.7 Å². The van der Waals surface area contributed by atoms with E-state index in [1.54, 1.807) is 21.9 Å². The van der Waals surface area contributed by atoms with Crippen LogP contribution in [0, 0.1) is 0 Å². The highest BCUT2D eigenvalue weighted by Crippen LogP contribution is 2.36. The van der Waals surface area contributed by atoms with Crippen LogP contribution in [0.2, 0.25) is 10.0 Å². The van der Waals surface area contributed by atoms with E-state index >= 15 is 0 Å². The molecular weight excluding hydrogens is 521 g/mol. The number of anilines is 2. The third kappa shape index (κ3) is 5.57. The molecule has 8 heteroatoms. The summed E-state index contributed by atoms with van der Waals surface area (Å²) >= 11 is 12.3. The van der Waals surface area contributed by atoms with E-state index in [1.807, 2.05) is 88.4 Å². The number of nitrogens with one attached hydrogen (secondary N) is 1. The molecule has 0 aliphatic carbocycles. The van der Waals surface area contributed by atoms with Crippen LogP contribution in [-0.4, -0.2) is 35.8 Å². The molecule has 3 aromatic carbocycles. The lowest BCUT2D eigenvalue weighted by atomic mass is 9.90. The Morgan fingerprint density at radius 1 is 0.789 bits per heavy atom. The monoisotopic (exact) mass is 551 g/mol. The van der Waals surface area contributed by atoms with E-state index in [0.29, 0.717) is 27.8 Å². The first-order chi connectivity index (χ1) is 18.1. The zero-order valence-corrected chi connectivity index (χ0v) is 23.3. The average Bonchev–Trinajstić information content (AvgIpc) is 2.97. The molecule has 0 bridgehead atoms. The maximum atomic E-state index is 13.9. The Morgan fingerprint density at radius 3 is 1.82 bits per heavy atom. The fourth-order valence-corrected chi connectivity index (χ4v) is 5.19. The molecule has 0 saturated heterocycles. The summed E-state index contributed by atoms with van der Waals surface area (Å²) in [6.45, 7) is 7.56. The maximum absolute atomic E-state index is 13.9. The Hall–Kier alpha value is -3.35. The van der Waals surface area contributed by atoms with Crippen LogP contribution < -0.4 is 15.1 Å². The number of nitrogens with zero attached hydrogens (tertiary/aromatic N) is 2. The molecule has 1 atom stereocenters. The van der Waals surface area contributed by atoms with Gasteiger partial charge in [-0.05, 0) is 69.5 Å². The van der Waals surface area contributed by atoms with Gasteiger partial charge in [-0.1, -0.05) is 71.7 Å². The Bertz CT molecular complexity index is 1300. The van der Waals surface area contributed by atoms with E-state index < -0.39 is 29.7 Å². The number of para-hydroxylation sites is 2. The standard InChI is InChI=1S/C30H31Cl2N3O3/c1-18(2)34-25-12-8-9-13-26(25)35(19(3)4)30(38)27(29(34)37)33-28(36)22(21-10-6-5-7-11-21)16-20-14-15-23(31)24(32)17-20/h5-15,17-19,22,27H,16H2,1-4H3,(H,33,36). The van der Waals surface area contributed by atoms with Crippen molar-refractivity contribution in [2.24, 2.45) is 0 Å². The number of halogens is 2. The molecule has 6 nitrogen and oxygen atoms in total. The van der Waals surface area contributed by atoms with Crippen LogP contribution in [0.25, 0.3) is 0 Å². The topological polar surface area (TPSA) is 69.7 Å². The molecule has 0 radical (unpaired) electrons. The zero-order valence-electron chi connectivity index (χ0n) is 21.8. The SMILES string of the molecule is CC(C)N1C(=O)C(NC(=O)C(Cc2ccc(Cl)c(Cl)c2)c2ccccc2)C(=O)N(C(C)C)c2ccccc21. The molecule has 38 heavy (non-hydrogen) atoms. The number of amides is 3. The van der Waals surface area contributed by atoms with Gasteiger partial charge >= 0.3 is 0 Å². The van der Waals surface area contributed by atoms with Gasteiger partial charge in [0.25, 0.3) is 11.8 Å². The molecule has 1 aliphatic heterocycles. The normalized spacial score (nSPS) is 15.1. The Morgan fingerprint density at radius 2 is 1.32 bits per heavy atom. The Kier molecular flexibility index (Phi) is 8.44. The van der Waals surface area contributed by atoms with Gasteiger partial charge in [0.05, 0.1) is 27.3 Å². The van der Waals surface area contributed by atoms with Crippen molar-refractivity contribution in [2.45, 2.75) is 58.2 Å². The first-order valence-corrected chi connectivity index (χ1v) is 13.4. The Labute approximate surface area is 233 Å². The van der Waals surface area contributed by atoms with Crippen LogP contribution in [0.3, 0.4) is 0 Å².